The Morgan fingerprint density at radius 2 is 2.00 bits per heavy atom. The van der Waals surface area contributed by atoms with Crippen molar-refractivity contribution in [1.29, 1.82) is 0 Å². The summed E-state index contributed by atoms with van der Waals surface area (Å²) in [4.78, 5) is 11.2. The van der Waals surface area contributed by atoms with Crippen molar-refractivity contribution in [1.82, 2.24) is 10.6 Å². The predicted octanol–water partition coefficient (Wildman–Crippen LogP) is 2.67. The lowest BCUT2D eigenvalue weighted by molar-refractivity contribution is -0.122. The molecule has 0 bridgehead atoms. The molecule has 1 saturated heterocycles. The maximum atomic E-state index is 12.2. The molecule has 110 valence electrons. The fourth-order valence-electron chi connectivity index (χ4n) is 1.98. The third kappa shape index (κ3) is 5.05. The molecule has 1 heterocycles. The Morgan fingerprint density at radius 3 is 2.55 bits per heavy atom. The number of hydrogen-bond acceptors (Lipinski definition) is 3. The van der Waals surface area contributed by atoms with Gasteiger partial charge in [0.2, 0.25) is 5.91 Å². The predicted molar refractivity (Wildman–Crippen MR) is 71.2 cm³/mol. The fourth-order valence-corrected chi connectivity index (χ4v) is 2.52. The molecule has 1 fully saturated rings. The Balaban J connectivity index is 1.80. The summed E-state index contributed by atoms with van der Waals surface area (Å²) in [6.07, 6.45) is 1.30. The van der Waals surface area contributed by atoms with E-state index in [2.05, 4.69) is 10.6 Å². The van der Waals surface area contributed by atoms with Crippen LogP contribution in [0.3, 0.4) is 0 Å². The Labute approximate surface area is 119 Å². The van der Waals surface area contributed by atoms with Crippen LogP contribution in [0.4, 0.5) is 13.2 Å². The number of hydrogen-bond donors (Lipinski definition) is 2. The lowest BCUT2D eigenvalue weighted by atomic mass is 10.1. The number of benzene rings is 1. The molecule has 1 aliphatic rings. The second-order valence-corrected chi connectivity index (χ2v) is 5.75. The first-order valence-electron chi connectivity index (χ1n) is 6.27. The summed E-state index contributed by atoms with van der Waals surface area (Å²) in [5.41, 5.74) is -3.33. The largest absolute Gasteiger partial charge is 0.446 e. The van der Waals surface area contributed by atoms with E-state index in [0.29, 0.717) is 19.5 Å². The quantitative estimate of drug-likeness (QED) is 0.840. The van der Waals surface area contributed by atoms with Crippen LogP contribution in [0.2, 0.25) is 0 Å². The third-order valence-corrected chi connectivity index (χ3v) is 3.76. The van der Waals surface area contributed by atoms with Crippen molar-refractivity contribution < 1.29 is 18.0 Å². The molecule has 3 nitrogen and oxygen atoms in total. The highest BCUT2D eigenvalue weighted by atomic mass is 32.2. The molecule has 0 aromatic heterocycles. The Morgan fingerprint density at radius 1 is 1.30 bits per heavy atom. The molecule has 2 N–H and O–H groups in total. The van der Waals surface area contributed by atoms with Gasteiger partial charge in [0.05, 0.1) is 0 Å². The van der Waals surface area contributed by atoms with Crippen molar-refractivity contribution in [3.63, 3.8) is 0 Å². The van der Waals surface area contributed by atoms with Gasteiger partial charge in [-0.25, -0.2) is 0 Å². The van der Waals surface area contributed by atoms with E-state index in [1.165, 1.54) is 12.1 Å². The molecule has 1 aromatic rings. The number of carbonyl (C=O) groups is 1. The smallest absolute Gasteiger partial charge is 0.355 e. The summed E-state index contributed by atoms with van der Waals surface area (Å²) < 4.78 is 36.5. The molecular weight excluding hydrogens is 289 g/mol. The number of thioether (sulfide) groups is 1. The van der Waals surface area contributed by atoms with E-state index in [1.54, 1.807) is 12.1 Å². The number of piperidine rings is 1. The van der Waals surface area contributed by atoms with E-state index in [1.807, 2.05) is 0 Å². The second-order valence-electron chi connectivity index (χ2n) is 4.61. The van der Waals surface area contributed by atoms with Crippen LogP contribution >= 0.6 is 11.8 Å². The number of carbonyl (C=O) groups excluding carboxylic acids is 1. The monoisotopic (exact) mass is 304 g/mol. The number of nitrogens with one attached hydrogen (secondary N) is 2. The zero-order valence-corrected chi connectivity index (χ0v) is 11.5. The van der Waals surface area contributed by atoms with Gasteiger partial charge in [0.15, 0.2) is 0 Å². The first-order valence-corrected chi connectivity index (χ1v) is 7.09. The minimum atomic E-state index is -4.25. The van der Waals surface area contributed by atoms with Gasteiger partial charge in [-0.3, -0.25) is 4.79 Å². The zero-order valence-electron chi connectivity index (χ0n) is 10.7. The van der Waals surface area contributed by atoms with Crippen molar-refractivity contribution in [3.8, 4) is 0 Å². The van der Waals surface area contributed by atoms with E-state index in [0.717, 1.165) is 12.0 Å². The number of alkyl halides is 3. The van der Waals surface area contributed by atoms with Crippen molar-refractivity contribution in [2.75, 3.05) is 6.54 Å². The lowest BCUT2D eigenvalue weighted by Gasteiger charge is -2.23. The van der Waals surface area contributed by atoms with Crippen LogP contribution in [-0.2, 0) is 11.3 Å². The summed E-state index contributed by atoms with van der Waals surface area (Å²) >= 11 is -0.112. The van der Waals surface area contributed by atoms with Crippen LogP contribution in [0.15, 0.2) is 29.2 Å². The molecule has 2 rings (SSSR count). The fraction of sp³-hybridized carbons (Fsp3) is 0.462. The highest BCUT2D eigenvalue weighted by Crippen LogP contribution is 2.36. The van der Waals surface area contributed by atoms with Crippen LogP contribution in [0, 0.1) is 0 Å². The molecule has 1 aliphatic heterocycles. The van der Waals surface area contributed by atoms with E-state index >= 15 is 0 Å². The van der Waals surface area contributed by atoms with Crippen LogP contribution in [0.5, 0.6) is 0 Å². The first kappa shape index (κ1) is 15.2. The molecule has 0 radical (unpaired) electrons. The van der Waals surface area contributed by atoms with Gasteiger partial charge in [-0.1, -0.05) is 12.1 Å². The van der Waals surface area contributed by atoms with E-state index in [9.17, 15) is 18.0 Å². The van der Waals surface area contributed by atoms with E-state index in [4.69, 9.17) is 0 Å². The van der Waals surface area contributed by atoms with Gasteiger partial charge < -0.3 is 10.6 Å². The number of halogens is 3. The van der Waals surface area contributed by atoms with Crippen molar-refractivity contribution in [2.24, 2.45) is 0 Å². The summed E-state index contributed by atoms with van der Waals surface area (Å²) in [5.74, 6) is 0.0663. The molecule has 0 aliphatic carbocycles. The van der Waals surface area contributed by atoms with Crippen molar-refractivity contribution in [2.45, 2.75) is 35.8 Å². The molecule has 0 spiro atoms. The van der Waals surface area contributed by atoms with Gasteiger partial charge in [0.25, 0.3) is 0 Å². The van der Waals surface area contributed by atoms with Crippen LogP contribution in [0.25, 0.3) is 0 Å². The maximum Gasteiger partial charge on any atom is 0.446 e. The maximum absolute atomic E-state index is 12.2. The molecule has 20 heavy (non-hydrogen) atoms. The SMILES string of the molecule is O=C1CCC(NCc2ccc(SC(F)(F)F)cc2)CN1. The average molecular weight is 304 g/mol. The van der Waals surface area contributed by atoms with Gasteiger partial charge in [-0.15, -0.1) is 0 Å². The van der Waals surface area contributed by atoms with Gasteiger partial charge in [-0.05, 0) is 35.9 Å². The third-order valence-electron chi connectivity index (χ3n) is 3.02. The minimum absolute atomic E-state index is 0.0663. The standard InChI is InChI=1S/C13H15F3N2OS/c14-13(15,16)20-11-4-1-9(2-5-11)7-17-10-3-6-12(19)18-8-10/h1-2,4-5,10,17H,3,6-8H2,(H,18,19). The summed E-state index contributed by atoms with van der Waals surface area (Å²) in [6, 6.07) is 6.53. The zero-order chi connectivity index (χ0) is 14.6. The second kappa shape index (κ2) is 6.49. The molecular formula is C13H15F3N2OS. The molecule has 7 heteroatoms. The normalized spacial score (nSPS) is 19.8. The molecule has 1 atom stereocenters. The average Bonchev–Trinajstić information content (AvgIpc) is 2.38. The summed E-state index contributed by atoms with van der Waals surface area (Å²) in [6.45, 7) is 1.18. The molecule has 0 saturated carbocycles. The molecule has 1 unspecified atom stereocenters. The van der Waals surface area contributed by atoms with Crippen LogP contribution in [-0.4, -0.2) is 24.0 Å². The summed E-state index contributed by atoms with van der Waals surface area (Å²) in [7, 11) is 0. The molecule has 1 amide bonds. The highest BCUT2D eigenvalue weighted by Gasteiger charge is 2.29. The van der Waals surface area contributed by atoms with Crippen molar-refractivity contribution in [3.05, 3.63) is 29.8 Å². The van der Waals surface area contributed by atoms with Gasteiger partial charge >= 0.3 is 5.51 Å². The summed E-state index contributed by atoms with van der Waals surface area (Å²) in [5, 5.41) is 6.06. The van der Waals surface area contributed by atoms with Gasteiger partial charge in [-0.2, -0.15) is 13.2 Å². The number of rotatable bonds is 4. The van der Waals surface area contributed by atoms with Gasteiger partial charge in [0.1, 0.15) is 0 Å². The topological polar surface area (TPSA) is 41.1 Å². The van der Waals surface area contributed by atoms with E-state index in [-0.39, 0.29) is 28.6 Å². The highest BCUT2D eigenvalue weighted by molar-refractivity contribution is 8.00. The van der Waals surface area contributed by atoms with E-state index < -0.39 is 5.51 Å². The lowest BCUT2D eigenvalue weighted by Crippen LogP contribution is -2.45. The first-order chi connectivity index (χ1) is 9.42. The Kier molecular flexibility index (Phi) is 4.93. The Hall–Kier alpha value is -1.21. The number of amides is 1. The van der Waals surface area contributed by atoms with Gasteiger partial charge in [0, 0.05) is 30.4 Å². The Bertz CT molecular complexity index is 452. The van der Waals surface area contributed by atoms with Crippen LogP contribution in [0.1, 0.15) is 18.4 Å². The minimum Gasteiger partial charge on any atom is -0.355 e. The molecule has 1 aromatic carbocycles. The van der Waals surface area contributed by atoms with Crippen LogP contribution < -0.4 is 10.6 Å². The van der Waals surface area contributed by atoms with Crippen molar-refractivity contribution >= 4 is 17.7 Å².